The molecule has 0 aliphatic carbocycles. The highest BCUT2D eigenvalue weighted by Gasteiger charge is 2.29. The molecule has 0 saturated carbocycles. The molecule has 0 aromatic carbocycles. The van der Waals surface area contributed by atoms with E-state index in [0.717, 1.165) is 39.0 Å². The number of aliphatic carboxylic acids is 1. The van der Waals surface area contributed by atoms with Gasteiger partial charge in [0.25, 0.3) is 0 Å². The van der Waals surface area contributed by atoms with Crippen molar-refractivity contribution in [3.8, 4) is 0 Å². The van der Waals surface area contributed by atoms with Gasteiger partial charge in [-0.25, -0.2) is 4.79 Å². The van der Waals surface area contributed by atoms with E-state index in [2.05, 4.69) is 17.1 Å². The predicted octanol–water partition coefficient (Wildman–Crippen LogP) is 0.144. The average Bonchev–Trinajstić information content (AvgIpc) is 2.29. The van der Waals surface area contributed by atoms with Gasteiger partial charge in [0.15, 0.2) is 5.60 Å². The first-order valence-electron chi connectivity index (χ1n) is 6.34. The Labute approximate surface area is 103 Å². The Morgan fingerprint density at radius 1 is 1.47 bits per heavy atom. The summed E-state index contributed by atoms with van der Waals surface area (Å²) in [7, 11) is 0. The molecule has 0 bridgehead atoms. The van der Waals surface area contributed by atoms with Crippen LogP contribution in [0.5, 0.6) is 0 Å². The molecule has 1 aliphatic heterocycles. The van der Waals surface area contributed by atoms with Gasteiger partial charge in [0.1, 0.15) is 0 Å². The van der Waals surface area contributed by atoms with Crippen LogP contribution in [0.15, 0.2) is 0 Å². The minimum Gasteiger partial charge on any atom is -0.479 e. The van der Waals surface area contributed by atoms with Crippen LogP contribution in [0.2, 0.25) is 0 Å². The lowest BCUT2D eigenvalue weighted by atomic mass is 9.96. The molecule has 1 rings (SSSR count). The van der Waals surface area contributed by atoms with Crippen molar-refractivity contribution >= 4 is 5.97 Å². The summed E-state index contributed by atoms with van der Waals surface area (Å²) >= 11 is 0. The van der Waals surface area contributed by atoms with E-state index in [1.54, 1.807) is 0 Å². The zero-order valence-electron chi connectivity index (χ0n) is 10.8. The van der Waals surface area contributed by atoms with Gasteiger partial charge in [0, 0.05) is 6.54 Å². The number of hydrogen-bond acceptors (Lipinski definition) is 4. The van der Waals surface area contributed by atoms with Crippen molar-refractivity contribution in [3.63, 3.8) is 0 Å². The molecule has 5 nitrogen and oxygen atoms in total. The number of nitrogens with one attached hydrogen (secondary N) is 1. The fourth-order valence-corrected chi connectivity index (χ4v) is 2.10. The maximum absolute atomic E-state index is 10.7. The van der Waals surface area contributed by atoms with Crippen LogP contribution in [0.3, 0.4) is 0 Å². The minimum atomic E-state index is -1.66. The number of carbonyl (C=O) groups is 1. The van der Waals surface area contributed by atoms with Crippen LogP contribution in [0.4, 0.5) is 0 Å². The normalized spacial score (nSPS) is 22.3. The Morgan fingerprint density at radius 2 is 2.06 bits per heavy atom. The second kappa shape index (κ2) is 6.33. The smallest absolute Gasteiger partial charge is 0.336 e. The molecular weight excluding hydrogens is 220 g/mol. The van der Waals surface area contributed by atoms with Crippen LogP contribution in [0.25, 0.3) is 0 Å². The molecule has 1 atom stereocenters. The van der Waals surface area contributed by atoms with Gasteiger partial charge in [0.05, 0.1) is 0 Å². The van der Waals surface area contributed by atoms with E-state index >= 15 is 0 Å². The summed E-state index contributed by atoms with van der Waals surface area (Å²) in [4.78, 5) is 13.1. The highest BCUT2D eigenvalue weighted by molar-refractivity contribution is 5.76. The van der Waals surface area contributed by atoms with Gasteiger partial charge in [-0.05, 0) is 51.9 Å². The minimum absolute atomic E-state index is 0.107. The maximum Gasteiger partial charge on any atom is 0.336 e. The Kier molecular flexibility index (Phi) is 5.36. The van der Waals surface area contributed by atoms with E-state index in [4.69, 9.17) is 5.11 Å². The Morgan fingerprint density at radius 3 is 2.53 bits per heavy atom. The highest BCUT2D eigenvalue weighted by Crippen LogP contribution is 2.16. The molecule has 0 amide bonds. The van der Waals surface area contributed by atoms with Crippen molar-refractivity contribution in [1.29, 1.82) is 0 Å². The van der Waals surface area contributed by atoms with E-state index in [-0.39, 0.29) is 6.54 Å². The number of rotatable bonds is 6. The molecule has 3 N–H and O–H groups in total. The molecule has 17 heavy (non-hydrogen) atoms. The fourth-order valence-electron chi connectivity index (χ4n) is 2.10. The predicted molar refractivity (Wildman–Crippen MR) is 66.0 cm³/mol. The summed E-state index contributed by atoms with van der Waals surface area (Å²) in [6, 6.07) is 0. The number of nitrogens with zero attached hydrogens (tertiary/aromatic N) is 1. The van der Waals surface area contributed by atoms with E-state index in [0.29, 0.717) is 5.92 Å². The quantitative estimate of drug-likeness (QED) is 0.620. The highest BCUT2D eigenvalue weighted by atomic mass is 16.4. The van der Waals surface area contributed by atoms with Crippen LogP contribution in [-0.4, -0.2) is 59.4 Å². The van der Waals surface area contributed by atoms with Gasteiger partial charge >= 0.3 is 5.97 Å². The summed E-state index contributed by atoms with van der Waals surface area (Å²) in [5, 5.41) is 21.3. The molecule has 1 fully saturated rings. The molecule has 0 aromatic heterocycles. The third-order valence-electron chi connectivity index (χ3n) is 3.52. The first-order chi connectivity index (χ1) is 7.95. The molecule has 5 heteroatoms. The summed E-state index contributed by atoms with van der Waals surface area (Å²) in [6.07, 6.45) is 2.30. The first-order valence-corrected chi connectivity index (χ1v) is 6.34. The van der Waals surface area contributed by atoms with E-state index in [9.17, 15) is 9.90 Å². The van der Waals surface area contributed by atoms with Crippen molar-refractivity contribution in [2.24, 2.45) is 5.92 Å². The third kappa shape index (κ3) is 4.61. The Bertz CT molecular complexity index is 248. The molecule has 1 unspecified atom stereocenters. The topological polar surface area (TPSA) is 72.8 Å². The molecule has 0 aromatic rings. The molecule has 1 heterocycles. The van der Waals surface area contributed by atoms with E-state index in [1.807, 2.05) is 0 Å². The van der Waals surface area contributed by atoms with Crippen LogP contribution in [0, 0.1) is 5.92 Å². The molecular formula is C12H24N2O3. The lowest BCUT2D eigenvalue weighted by molar-refractivity contribution is -0.156. The zero-order chi connectivity index (χ0) is 12.9. The number of aliphatic hydroxyl groups is 1. The standard InChI is InChI=1S/C12H24N2O3/c1-3-14-6-4-10(5-7-14)8-13-9-12(2,17)11(15)16/h10,13,17H,3-9H2,1-2H3,(H,15,16). The Hall–Kier alpha value is -0.650. The van der Waals surface area contributed by atoms with Gasteiger partial charge < -0.3 is 20.4 Å². The summed E-state index contributed by atoms with van der Waals surface area (Å²) in [5.41, 5.74) is -1.66. The van der Waals surface area contributed by atoms with Crippen molar-refractivity contribution in [2.45, 2.75) is 32.3 Å². The lowest BCUT2D eigenvalue weighted by Crippen LogP contribution is -2.46. The van der Waals surface area contributed by atoms with Crippen LogP contribution >= 0.6 is 0 Å². The van der Waals surface area contributed by atoms with Gasteiger partial charge in [-0.15, -0.1) is 0 Å². The summed E-state index contributed by atoms with van der Waals surface area (Å²) < 4.78 is 0. The van der Waals surface area contributed by atoms with E-state index < -0.39 is 11.6 Å². The monoisotopic (exact) mass is 244 g/mol. The SMILES string of the molecule is CCN1CCC(CNCC(C)(O)C(=O)O)CC1. The van der Waals surface area contributed by atoms with Crippen molar-refractivity contribution < 1.29 is 15.0 Å². The largest absolute Gasteiger partial charge is 0.479 e. The van der Waals surface area contributed by atoms with Gasteiger partial charge in [-0.3, -0.25) is 0 Å². The second-order valence-electron chi connectivity index (χ2n) is 5.09. The Balaban J connectivity index is 2.18. The second-order valence-corrected chi connectivity index (χ2v) is 5.09. The lowest BCUT2D eigenvalue weighted by Gasteiger charge is -2.31. The summed E-state index contributed by atoms with van der Waals surface area (Å²) in [6.45, 7) is 7.74. The molecule has 1 aliphatic rings. The maximum atomic E-state index is 10.7. The van der Waals surface area contributed by atoms with Crippen molar-refractivity contribution in [1.82, 2.24) is 10.2 Å². The van der Waals surface area contributed by atoms with Gasteiger partial charge in [0.2, 0.25) is 0 Å². The number of carboxylic acids is 1. The van der Waals surface area contributed by atoms with Gasteiger partial charge in [-0.2, -0.15) is 0 Å². The molecule has 1 saturated heterocycles. The number of likely N-dealkylation sites (tertiary alicyclic amines) is 1. The van der Waals surface area contributed by atoms with Crippen LogP contribution < -0.4 is 5.32 Å². The number of hydrogen-bond donors (Lipinski definition) is 3. The average molecular weight is 244 g/mol. The first kappa shape index (κ1) is 14.4. The molecule has 0 spiro atoms. The number of carboxylic acid groups (broad SMARTS) is 1. The van der Waals surface area contributed by atoms with Gasteiger partial charge in [-0.1, -0.05) is 6.92 Å². The third-order valence-corrected chi connectivity index (χ3v) is 3.52. The van der Waals surface area contributed by atoms with E-state index in [1.165, 1.54) is 6.92 Å². The fraction of sp³-hybridized carbons (Fsp3) is 0.917. The van der Waals surface area contributed by atoms with Crippen LogP contribution in [-0.2, 0) is 4.79 Å². The summed E-state index contributed by atoms with van der Waals surface area (Å²) in [5.74, 6) is -0.576. The molecule has 0 radical (unpaired) electrons. The van der Waals surface area contributed by atoms with Crippen molar-refractivity contribution in [2.75, 3.05) is 32.7 Å². The van der Waals surface area contributed by atoms with Crippen molar-refractivity contribution in [3.05, 3.63) is 0 Å². The molecule has 100 valence electrons. The number of piperidine rings is 1. The zero-order valence-corrected chi connectivity index (χ0v) is 10.8. The van der Waals surface area contributed by atoms with Crippen LogP contribution in [0.1, 0.15) is 26.7 Å².